The van der Waals surface area contributed by atoms with Gasteiger partial charge >= 0.3 is 0 Å². The van der Waals surface area contributed by atoms with E-state index in [9.17, 15) is 9.59 Å². The highest BCUT2D eigenvalue weighted by molar-refractivity contribution is 5.80. The van der Waals surface area contributed by atoms with E-state index in [1.165, 1.54) is 0 Å². The van der Waals surface area contributed by atoms with Crippen molar-refractivity contribution in [3.8, 4) is 0 Å². The molecule has 0 aromatic carbocycles. The summed E-state index contributed by atoms with van der Waals surface area (Å²) in [5, 5.41) is 0. The molecule has 0 N–H and O–H groups in total. The van der Waals surface area contributed by atoms with Crippen LogP contribution < -0.4 is 0 Å². The third-order valence-electron chi connectivity index (χ3n) is 5.45. The van der Waals surface area contributed by atoms with Crippen LogP contribution in [0.2, 0.25) is 0 Å². The molecule has 3 aliphatic heterocycles. The molecule has 6 nitrogen and oxygen atoms in total. The number of hydrogen-bond acceptors (Lipinski definition) is 4. The number of hydrogen-bond donors (Lipinski definition) is 0. The Hall–Kier alpha value is -1.14. The normalized spacial score (nSPS) is 32.9. The van der Waals surface area contributed by atoms with E-state index in [0.717, 1.165) is 32.3 Å². The Morgan fingerprint density at radius 3 is 2.50 bits per heavy atom. The molecule has 3 saturated heterocycles. The van der Waals surface area contributed by atoms with Gasteiger partial charge in [-0.2, -0.15) is 0 Å². The van der Waals surface area contributed by atoms with Crippen LogP contribution in [0.15, 0.2) is 0 Å². The molecule has 0 aromatic heterocycles. The third kappa shape index (κ3) is 2.74. The van der Waals surface area contributed by atoms with Gasteiger partial charge in [0.05, 0.1) is 6.54 Å². The summed E-state index contributed by atoms with van der Waals surface area (Å²) in [5.74, 6) is 0.340. The second-order valence-corrected chi connectivity index (χ2v) is 6.74. The van der Waals surface area contributed by atoms with Gasteiger partial charge in [-0.1, -0.05) is 0 Å². The maximum atomic E-state index is 12.8. The van der Waals surface area contributed by atoms with Crippen molar-refractivity contribution in [3.63, 3.8) is 0 Å². The second-order valence-electron chi connectivity index (χ2n) is 6.74. The van der Waals surface area contributed by atoms with Gasteiger partial charge < -0.3 is 19.3 Å². The zero-order chi connectivity index (χ0) is 15.7. The molecule has 0 aromatic rings. The number of methoxy groups -OCH3 is 1. The topological polar surface area (TPSA) is 59.1 Å². The molecule has 0 radical (unpaired) electrons. The van der Waals surface area contributed by atoms with Crippen LogP contribution in [0.25, 0.3) is 0 Å². The molecular weight excluding hydrogens is 284 g/mol. The maximum absolute atomic E-state index is 12.8. The zero-order valence-electron chi connectivity index (χ0n) is 13.5. The summed E-state index contributed by atoms with van der Waals surface area (Å²) in [6.45, 7) is 5.01. The van der Waals surface area contributed by atoms with E-state index in [2.05, 4.69) is 0 Å². The summed E-state index contributed by atoms with van der Waals surface area (Å²) < 4.78 is 11.5. The smallest absolute Gasteiger partial charge is 0.226 e. The van der Waals surface area contributed by atoms with Crippen molar-refractivity contribution in [2.75, 3.05) is 39.9 Å². The summed E-state index contributed by atoms with van der Waals surface area (Å²) in [7, 11) is 1.70. The monoisotopic (exact) mass is 310 g/mol. The van der Waals surface area contributed by atoms with E-state index >= 15 is 0 Å². The molecule has 3 heterocycles. The highest BCUT2D eigenvalue weighted by atomic mass is 16.6. The lowest BCUT2D eigenvalue weighted by molar-refractivity contribution is -0.140. The van der Waals surface area contributed by atoms with E-state index in [0.29, 0.717) is 26.2 Å². The van der Waals surface area contributed by atoms with Crippen LogP contribution in [0.4, 0.5) is 0 Å². The summed E-state index contributed by atoms with van der Waals surface area (Å²) in [6, 6.07) is 0. The lowest BCUT2D eigenvalue weighted by Crippen LogP contribution is -2.44. The third-order valence-corrected chi connectivity index (χ3v) is 5.45. The number of nitrogens with zero attached hydrogens (tertiary/aromatic N) is 2. The van der Waals surface area contributed by atoms with Gasteiger partial charge in [0.1, 0.15) is 11.7 Å². The summed E-state index contributed by atoms with van der Waals surface area (Å²) in [5.41, 5.74) is -0.287. The number of carbonyl (C=O) groups excluding carboxylic acids is 2. The first-order valence-electron chi connectivity index (χ1n) is 8.27. The minimum Gasteiger partial charge on any atom is -0.377 e. The van der Waals surface area contributed by atoms with Crippen molar-refractivity contribution in [2.24, 2.45) is 5.92 Å². The van der Waals surface area contributed by atoms with Crippen LogP contribution in [-0.4, -0.2) is 73.2 Å². The predicted molar refractivity (Wildman–Crippen MR) is 80.3 cm³/mol. The number of amides is 2. The molecule has 3 fully saturated rings. The summed E-state index contributed by atoms with van der Waals surface area (Å²) in [4.78, 5) is 27.9. The molecule has 0 aliphatic carbocycles. The number of ether oxygens (including phenoxy) is 2. The van der Waals surface area contributed by atoms with Gasteiger partial charge in [0.15, 0.2) is 0 Å². The van der Waals surface area contributed by atoms with Crippen molar-refractivity contribution >= 4 is 11.8 Å². The Morgan fingerprint density at radius 1 is 1.23 bits per heavy atom. The molecule has 124 valence electrons. The summed E-state index contributed by atoms with van der Waals surface area (Å²) in [6.07, 6.45) is 3.52. The van der Waals surface area contributed by atoms with Gasteiger partial charge in [-0.05, 0) is 25.7 Å². The fraction of sp³-hybridized carbons (Fsp3) is 0.875. The Balaban J connectivity index is 1.61. The van der Waals surface area contributed by atoms with Crippen LogP contribution in [0, 0.1) is 5.92 Å². The molecule has 0 saturated carbocycles. The minimum atomic E-state index is -0.287. The molecular formula is C16H26N2O4. The van der Waals surface area contributed by atoms with E-state index in [4.69, 9.17) is 9.47 Å². The first-order chi connectivity index (χ1) is 10.6. The Morgan fingerprint density at radius 2 is 1.95 bits per heavy atom. The SMILES string of the molecule is CO[C@H]1CN(C(=O)C2CCN(C(C)=O)CC2)C[C@@]12CCCO2. The Labute approximate surface area is 131 Å². The maximum Gasteiger partial charge on any atom is 0.226 e. The van der Waals surface area contributed by atoms with E-state index in [-0.39, 0.29) is 29.4 Å². The van der Waals surface area contributed by atoms with Gasteiger partial charge in [-0.15, -0.1) is 0 Å². The van der Waals surface area contributed by atoms with Crippen molar-refractivity contribution in [2.45, 2.75) is 44.3 Å². The number of likely N-dealkylation sites (tertiary alicyclic amines) is 2. The van der Waals surface area contributed by atoms with E-state index in [1.54, 1.807) is 14.0 Å². The lowest BCUT2D eigenvalue weighted by Gasteiger charge is -2.33. The quantitative estimate of drug-likeness (QED) is 0.751. The van der Waals surface area contributed by atoms with Gasteiger partial charge in [-0.25, -0.2) is 0 Å². The predicted octanol–water partition coefficient (Wildman–Crippen LogP) is 0.651. The Bertz CT molecular complexity index is 439. The summed E-state index contributed by atoms with van der Waals surface area (Å²) >= 11 is 0. The number of rotatable bonds is 2. The van der Waals surface area contributed by atoms with Crippen LogP contribution in [0.3, 0.4) is 0 Å². The van der Waals surface area contributed by atoms with E-state index < -0.39 is 0 Å². The first-order valence-corrected chi connectivity index (χ1v) is 8.27. The van der Waals surface area contributed by atoms with Gasteiger partial charge in [0, 0.05) is 46.2 Å². The van der Waals surface area contributed by atoms with Crippen molar-refractivity contribution in [1.82, 2.24) is 9.80 Å². The van der Waals surface area contributed by atoms with Gasteiger partial charge in [0.25, 0.3) is 0 Å². The average molecular weight is 310 g/mol. The number of carbonyl (C=O) groups is 2. The number of piperidine rings is 1. The Kier molecular flexibility index (Phi) is 4.41. The molecule has 6 heteroatoms. The van der Waals surface area contributed by atoms with Crippen LogP contribution in [0.1, 0.15) is 32.6 Å². The minimum absolute atomic E-state index is 0.0174. The molecule has 22 heavy (non-hydrogen) atoms. The second kappa shape index (κ2) is 6.16. The molecule has 3 rings (SSSR count). The first kappa shape index (κ1) is 15.7. The molecule has 0 bridgehead atoms. The van der Waals surface area contributed by atoms with Crippen molar-refractivity contribution < 1.29 is 19.1 Å². The van der Waals surface area contributed by atoms with E-state index in [1.807, 2.05) is 9.80 Å². The van der Waals surface area contributed by atoms with Crippen molar-refractivity contribution in [3.05, 3.63) is 0 Å². The van der Waals surface area contributed by atoms with Crippen molar-refractivity contribution in [1.29, 1.82) is 0 Å². The molecule has 3 aliphatic rings. The largest absolute Gasteiger partial charge is 0.377 e. The van der Waals surface area contributed by atoms with Crippen LogP contribution in [0.5, 0.6) is 0 Å². The average Bonchev–Trinajstić information content (AvgIpc) is 3.14. The molecule has 2 amide bonds. The van der Waals surface area contributed by atoms with Gasteiger partial charge in [-0.3, -0.25) is 9.59 Å². The standard InChI is InChI=1S/C16H26N2O4/c1-12(19)17-7-4-13(5-8-17)15(20)18-10-14(21-2)16(11-18)6-3-9-22-16/h13-14H,3-11H2,1-2H3/t14-,16-/m0/s1. The highest BCUT2D eigenvalue weighted by Crippen LogP contribution is 2.37. The zero-order valence-corrected chi connectivity index (χ0v) is 13.5. The fourth-order valence-electron chi connectivity index (χ4n) is 4.11. The van der Waals surface area contributed by atoms with Crippen LogP contribution in [-0.2, 0) is 19.1 Å². The van der Waals surface area contributed by atoms with Gasteiger partial charge in [0.2, 0.25) is 11.8 Å². The molecule has 2 atom stereocenters. The fourth-order valence-corrected chi connectivity index (χ4v) is 4.11. The highest BCUT2D eigenvalue weighted by Gasteiger charge is 2.52. The molecule has 0 unspecified atom stereocenters. The molecule has 1 spiro atoms. The van der Waals surface area contributed by atoms with Crippen LogP contribution >= 0.6 is 0 Å². The lowest BCUT2D eigenvalue weighted by atomic mass is 9.95.